The quantitative estimate of drug-likeness (QED) is 0.497. The van der Waals surface area contributed by atoms with E-state index in [0.717, 1.165) is 32.4 Å². The lowest BCUT2D eigenvalue weighted by molar-refractivity contribution is 0.396. The van der Waals surface area contributed by atoms with Gasteiger partial charge in [-0.1, -0.05) is 44.0 Å². The Bertz CT molecular complexity index is 612. The Labute approximate surface area is 150 Å². The summed E-state index contributed by atoms with van der Waals surface area (Å²) < 4.78 is 12.8. The van der Waals surface area contributed by atoms with Gasteiger partial charge in [0.1, 0.15) is 11.5 Å². The highest BCUT2D eigenvalue weighted by Crippen LogP contribution is 2.40. The van der Waals surface area contributed by atoms with Gasteiger partial charge in [0, 0.05) is 14.9 Å². The third-order valence-electron chi connectivity index (χ3n) is 3.17. The molecule has 0 saturated heterocycles. The van der Waals surface area contributed by atoms with E-state index in [-0.39, 0.29) is 4.83 Å². The van der Waals surface area contributed by atoms with E-state index in [4.69, 9.17) is 9.47 Å². The van der Waals surface area contributed by atoms with Crippen LogP contribution in [0.15, 0.2) is 45.3 Å². The molecule has 2 aromatic rings. The lowest BCUT2D eigenvalue weighted by atomic mass is 10.0. The minimum Gasteiger partial charge on any atom is -0.496 e. The van der Waals surface area contributed by atoms with E-state index >= 15 is 0 Å². The standard InChI is InChI=1S/C16H15Br3O2/c1-20-15-9-14(19)16(21-2)8-12(15)13(18)7-10-3-5-11(17)6-4-10/h3-6,8-9,13H,7H2,1-2H3. The van der Waals surface area contributed by atoms with Crippen molar-refractivity contribution in [1.29, 1.82) is 0 Å². The highest BCUT2D eigenvalue weighted by atomic mass is 79.9. The average molecular weight is 479 g/mol. The van der Waals surface area contributed by atoms with Crippen LogP contribution in [0.25, 0.3) is 0 Å². The van der Waals surface area contributed by atoms with Gasteiger partial charge in [-0.15, -0.1) is 0 Å². The molecule has 0 aliphatic rings. The van der Waals surface area contributed by atoms with Crippen molar-refractivity contribution >= 4 is 47.8 Å². The van der Waals surface area contributed by atoms with E-state index in [9.17, 15) is 0 Å². The number of hydrogen-bond donors (Lipinski definition) is 0. The Morgan fingerprint density at radius 3 is 2.14 bits per heavy atom. The molecule has 1 unspecified atom stereocenters. The second-order valence-electron chi connectivity index (χ2n) is 4.53. The Morgan fingerprint density at radius 2 is 1.57 bits per heavy atom. The smallest absolute Gasteiger partial charge is 0.133 e. The number of alkyl halides is 1. The molecule has 0 saturated carbocycles. The van der Waals surface area contributed by atoms with Crippen molar-refractivity contribution in [3.63, 3.8) is 0 Å². The molecule has 0 aromatic heterocycles. The third kappa shape index (κ3) is 4.24. The first-order valence-corrected chi connectivity index (χ1v) is 8.85. The molecule has 2 aromatic carbocycles. The summed E-state index contributed by atoms with van der Waals surface area (Å²) in [6, 6.07) is 12.3. The van der Waals surface area contributed by atoms with E-state index < -0.39 is 0 Å². The van der Waals surface area contributed by atoms with Crippen molar-refractivity contribution in [1.82, 2.24) is 0 Å². The van der Waals surface area contributed by atoms with E-state index in [0.29, 0.717) is 0 Å². The summed E-state index contributed by atoms with van der Waals surface area (Å²) in [5.41, 5.74) is 2.32. The van der Waals surface area contributed by atoms with E-state index in [1.807, 2.05) is 12.1 Å². The van der Waals surface area contributed by atoms with E-state index in [2.05, 4.69) is 72.1 Å². The predicted molar refractivity (Wildman–Crippen MR) is 96.8 cm³/mol. The highest BCUT2D eigenvalue weighted by molar-refractivity contribution is 9.11. The molecule has 0 N–H and O–H groups in total. The minimum absolute atomic E-state index is 0.149. The third-order valence-corrected chi connectivity index (χ3v) is 5.14. The van der Waals surface area contributed by atoms with Crippen LogP contribution < -0.4 is 9.47 Å². The molecule has 112 valence electrons. The molecule has 21 heavy (non-hydrogen) atoms. The number of methoxy groups -OCH3 is 2. The van der Waals surface area contributed by atoms with Crippen LogP contribution in [-0.2, 0) is 6.42 Å². The Kier molecular flexibility index (Phi) is 6.14. The largest absolute Gasteiger partial charge is 0.496 e. The maximum absolute atomic E-state index is 5.48. The first-order valence-electron chi connectivity index (χ1n) is 6.35. The van der Waals surface area contributed by atoms with Crippen LogP contribution in [0.5, 0.6) is 11.5 Å². The van der Waals surface area contributed by atoms with Crippen molar-refractivity contribution in [3.8, 4) is 11.5 Å². The maximum Gasteiger partial charge on any atom is 0.133 e. The fourth-order valence-corrected chi connectivity index (χ4v) is 3.55. The fourth-order valence-electron chi connectivity index (χ4n) is 2.07. The summed E-state index contributed by atoms with van der Waals surface area (Å²) in [6.07, 6.45) is 0.869. The second-order valence-corrected chi connectivity index (χ2v) is 7.40. The maximum atomic E-state index is 5.48. The summed E-state index contributed by atoms with van der Waals surface area (Å²) in [6.45, 7) is 0. The average Bonchev–Trinajstić information content (AvgIpc) is 2.49. The van der Waals surface area contributed by atoms with Gasteiger partial charge >= 0.3 is 0 Å². The fraction of sp³-hybridized carbons (Fsp3) is 0.250. The molecule has 0 bridgehead atoms. The highest BCUT2D eigenvalue weighted by Gasteiger charge is 2.17. The summed E-state index contributed by atoms with van der Waals surface area (Å²) in [7, 11) is 3.34. The molecule has 2 rings (SSSR count). The van der Waals surface area contributed by atoms with E-state index in [1.54, 1.807) is 14.2 Å². The van der Waals surface area contributed by atoms with Crippen LogP contribution in [0, 0.1) is 0 Å². The van der Waals surface area contributed by atoms with Crippen molar-refractivity contribution < 1.29 is 9.47 Å². The molecule has 1 atom stereocenters. The molecule has 0 amide bonds. The molecule has 2 nitrogen and oxygen atoms in total. The molecule has 5 heteroatoms. The summed E-state index contributed by atoms with van der Waals surface area (Å²) in [5, 5.41) is 0. The van der Waals surface area contributed by atoms with Gasteiger partial charge < -0.3 is 9.47 Å². The van der Waals surface area contributed by atoms with Gasteiger partial charge in [-0.05, 0) is 52.2 Å². The number of ether oxygens (including phenoxy) is 2. The number of benzene rings is 2. The van der Waals surface area contributed by atoms with Crippen LogP contribution in [0.4, 0.5) is 0 Å². The van der Waals surface area contributed by atoms with Crippen molar-refractivity contribution in [2.24, 2.45) is 0 Å². The SMILES string of the molecule is COc1cc(C(Br)Cc2ccc(Br)cc2)c(OC)cc1Br. The predicted octanol–water partition coefficient (Wildman–Crippen LogP) is 5.91. The minimum atomic E-state index is 0.149. The zero-order valence-corrected chi connectivity index (χ0v) is 16.5. The molecule has 0 radical (unpaired) electrons. The number of halogens is 3. The van der Waals surface area contributed by atoms with Crippen LogP contribution in [0.2, 0.25) is 0 Å². The topological polar surface area (TPSA) is 18.5 Å². The molecule has 0 aliphatic heterocycles. The van der Waals surface area contributed by atoms with Gasteiger partial charge in [-0.2, -0.15) is 0 Å². The Morgan fingerprint density at radius 1 is 0.952 bits per heavy atom. The van der Waals surface area contributed by atoms with Gasteiger partial charge in [-0.3, -0.25) is 0 Å². The van der Waals surface area contributed by atoms with Crippen LogP contribution in [-0.4, -0.2) is 14.2 Å². The van der Waals surface area contributed by atoms with Gasteiger partial charge in [0.2, 0.25) is 0 Å². The molecule has 0 fully saturated rings. The first-order chi connectivity index (χ1) is 10.0. The van der Waals surface area contributed by atoms with Crippen molar-refractivity contribution in [2.75, 3.05) is 14.2 Å². The monoisotopic (exact) mass is 476 g/mol. The van der Waals surface area contributed by atoms with Gasteiger partial charge in [0.15, 0.2) is 0 Å². The van der Waals surface area contributed by atoms with Gasteiger partial charge in [0.05, 0.1) is 18.7 Å². The van der Waals surface area contributed by atoms with Gasteiger partial charge in [0.25, 0.3) is 0 Å². The zero-order chi connectivity index (χ0) is 15.4. The van der Waals surface area contributed by atoms with Crippen LogP contribution in [0.1, 0.15) is 16.0 Å². The normalized spacial score (nSPS) is 12.0. The number of hydrogen-bond acceptors (Lipinski definition) is 2. The molecular formula is C16H15Br3O2. The Balaban J connectivity index is 2.29. The molecule has 0 spiro atoms. The van der Waals surface area contributed by atoms with Crippen molar-refractivity contribution in [3.05, 3.63) is 56.5 Å². The summed E-state index contributed by atoms with van der Waals surface area (Å²) >= 11 is 10.7. The first kappa shape index (κ1) is 16.8. The van der Waals surface area contributed by atoms with Crippen LogP contribution in [0.3, 0.4) is 0 Å². The molecule has 0 heterocycles. The summed E-state index contributed by atoms with van der Waals surface area (Å²) in [5.74, 6) is 1.63. The molecule has 0 aliphatic carbocycles. The lowest BCUT2D eigenvalue weighted by Gasteiger charge is -2.17. The summed E-state index contributed by atoms with van der Waals surface area (Å²) in [4.78, 5) is 0.149. The van der Waals surface area contributed by atoms with Crippen LogP contribution >= 0.6 is 47.8 Å². The lowest BCUT2D eigenvalue weighted by Crippen LogP contribution is -2.00. The zero-order valence-electron chi connectivity index (χ0n) is 11.7. The van der Waals surface area contributed by atoms with E-state index in [1.165, 1.54) is 5.56 Å². The molecular weight excluding hydrogens is 464 g/mol. The number of rotatable bonds is 5. The second kappa shape index (κ2) is 7.65. The van der Waals surface area contributed by atoms with Gasteiger partial charge in [-0.25, -0.2) is 0 Å². The Hall–Kier alpha value is -0.520. The van der Waals surface area contributed by atoms with Crippen molar-refractivity contribution in [2.45, 2.75) is 11.2 Å².